The van der Waals surface area contributed by atoms with Crippen molar-refractivity contribution in [3.8, 4) is 0 Å². The number of nitrogens with zero attached hydrogens (tertiary/aromatic N) is 5. The minimum Gasteiger partial charge on any atom is -0.363 e. The van der Waals surface area contributed by atoms with Gasteiger partial charge in [-0.25, -0.2) is 0 Å². The lowest BCUT2D eigenvalue weighted by Crippen LogP contribution is -2.19. The van der Waals surface area contributed by atoms with Crippen molar-refractivity contribution < 1.29 is 9.32 Å². The van der Waals surface area contributed by atoms with E-state index in [4.69, 9.17) is 0 Å². The molecule has 1 amide bonds. The van der Waals surface area contributed by atoms with Crippen LogP contribution in [0.5, 0.6) is 0 Å². The molecule has 0 saturated heterocycles. The van der Waals surface area contributed by atoms with Crippen molar-refractivity contribution in [2.24, 2.45) is 0 Å². The molecule has 3 heterocycles. The summed E-state index contributed by atoms with van der Waals surface area (Å²) in [7, 11) is 0. The van der Waals surface area contributed by atoms with Crippen LogP contribution < -0.4 is 5.32 Å². The van der Waals surface area contributed by atoms with Gasteiger partial charge < -0.3 is 9.84 Å². The topological polar surface area (TPSA) is 90.8 Å². The Balaban J connectivity index is 1.84. The van der Waals surface area contributed by atoms with Crippen molar-refractivity contribution in [3.05, 3.63) is 24.2 Å². The summed E-state index contributed by atoms with van der Waals surface area (Å²) < 4.78 is 8.16. The summed E-state index contributed by atoms with van der Waals surface area (Å²) in [6, 6.07) is 1.58. The van der Waals surface area contributed by atoms with Crippen molar-refractivity contribution in [1.82, 2.24) is 24.7 Å². The SMILES string of the molecule is CCn1nc(C)c2c1cnn2CC(=O)Nc1ccon1. The zero-order chi connectivity index (χ0) is 14.1. The van der Waals surface area contributed by atoms with Gasteiger partial charge in [-0.05, 0) is 13.8 Å². The fraction of sp³-hybridized carbons (Fsp3) is 0.333. The summed E-state index contributed by atoms with van der Waals surface area (Å²) in [6.45, 7) is 4.79. The molecule has 0 aliphatic heterocycles. The Morgan fingerprint density at radius 1 is 1.45 bits per heavy atom. The Morgan fingerprint density at radius 3 is 3.00 bits per heavy atom. The fourth-order valence-corrected chi connectivity index (χ4v) is 2.18. The second-order valence-corrected chi connectivity index (χ2v) is 4.37. The second kappa shape index (κ2) is 4.80. The highest BCUT2D eigenvalue weighted by atomic mass is 16.5. The molecule has 0 spiro atoms. The number of aryl methyl sites for hydroxylation is 2. The average molecular weight is 274 g/mol. The molecule has 20 heavy (non-hydrogen) atoms. The van der Waals surface area contributed by atoms with Crippen molar-refractivity contribution in [1.29, 1.82) is 0 Å². The molecule has 104 valence electrons. The monoisotopic (exact) mass is 274 g/mol. The van der Waals surface area contributed by atoms with E-state index in [2.05, 4.69) is 25.2 Å². The summed E-state index contributed by atoms with van der Waals surface area (Å²) in [6.07, 6.45) is 3.12. The summed E-state index contributed by atoms with van der Waals surface area (Å²) >= 11 is 0. The third-order valence-electron chi connectivity index (χ3n) is 3.01. The molecule has 0 saturated carbocycles. The Kier molecular flexibility index (Phi) is 2.97. The number of hydrogen-bond acceptors (Lipinski definition) is 5. The van der Waals surface area contributed by atoms with E-state index in [9.17, 15) is 4.79 Å². The molecule has 0 radical (unpaired) electrons. The predicted octanol–water partition coefficient (Wildman–Crippen LogP) is 1.19. The van der Waals surface area contributed by atoms with Crippen LogP contribution in [0.4, 0.5) is 5.82 Å². The van der Waals surface area contributed by atoms with Gasteiger partial charge in [0.25, 0.3) is 0 Å². The molecule has 3 aromatic heterocycles. The van der Waals surface area contributed by atoms with Gasteiger partial charge in [0.15, 0.2) is 5.82 Å². The molecular formula is C12H14N6O2. The molecule has 0 fully saturated rings. The van der Waals surface area contributed by atoms with E-state index in [-0.39, 0.29) is 12.5 Å². The maximum Gasteiger partial charge on any atom is 0.247 e. The highest BCUT2D eigenvalue weighted by Crippen LogP contribution is 2.17. The number of amides is 1. The molecule has 0 unspecified atom stereocenters. The van der Waals surface area contributed by atoms with E-state index in [1.54, 1.807) is 16.9 Å². The maximum atomic E-state index is 11.9. The van der Waals surface area contributed by atoms with Crippen molar-refractivity contribution in [2.45, 2.75) is 26.9 Å². The van der Waals surface area contributed by atoms with Crippen LogP contribution in [0.1, 0.15) is 12.6 Å². The smallest absolute Gasteiger partial charge is 0.247 e. The first-order chi connectivity index (χ1) is 9.69. The van der Waals surface area contributed by atoms with E-state index >= 15 is 0 Å². The van der Waals surface area contributed by atoms with Gasteiger partial charge in [-0.15, -0.1) is 0 Å². The first-order valence-electron chi connectivity index (χ1n) is 6.28. The molecule has 0 aliphatic carbocycles. The molecule has 1 N–H and O–H groups in total. The molecule has 0 aliphatic rings. The van der Waals surface area contributed by atoms with Gasteiger partial charge >= 0.3 is 0 Å². The molecule has 8 nitrogen and oxygen atoms in total. The zero-order valence-electron chi connectivity index (χ0n) is 11.2. The quantitative estimate of drug-likeness (QED) is 0.771. The lowest BCUT2D eigenvalue weighted by Gasteiger charge is -2.02. The summed E-state index contributed by atoms with van der Waals surface area (Å²) in [5.41, 5.74) is 2.66. The third-order valence-corrected chi connectivity index (χ3v) is 3.01. The predicted molar refractivity (Wildman–Crippen MR) is 71.1 cm³/mol. The van der Waals surface area contributed by atoms with Gasteiger partial charge in [-0.2, -0.15) is 10.2 Å². The van der Waals surface area contributed by atoms with Crippen LogP contribution in [0.2, 0.25) is 0 Å². The molecule has 0 bridgehead atoms. The second-order valence-electron chi connectivity index (χ2n) is 4.37. The molecule has 0 aromatic carbocycles. The van der Waals surface area contributed by atoms with Gasteiger partial charge in [-0.3, -0.25) is 14.2 Å². The average Bonchev–Trinajstić information content (AvgIpc) is 3.10. The normalized spacial score (nSPS) is 11.1. The van der Waals surface area contributed by atoms with Crippen LogP contribution in [-0.4, -0.2) is 30.6 Å². The number of carbonyl (C=O) groups excluding carboxylic acids is 1. The Bertz CT molecular complexity index is 740. The highest BCUT2D eigenvalue weighted by molar-refractivity contribution is 5.90. The summed E-state index contributed by atoms with van der Waals surface area (Å²) in [4.78, 5) is 11.9. The van der Waals surface area contributed by atoms with E-state index < -0.39 is 0 Å². The van der Waals surface area contributed by atoms with Gasteiger partial charge in [0.2, 0.25) is 5.91 Å². The van der Waals surface area contributed by atoms with Gasteiger partial charge in [-0.1, -0.05) is 5.16 Å². The van der Waals surface area contributed by atoms with Crippen molar-refractivity contribution in [3.63, 3.8) is 0 Å². The molecule has 8 heteroatoms. The van der Waals surface area contributed by atoms with Crippen LogP contribution in [0.15, 0.2) is 23.0 Å². The summed E-state index contributed by atoms with van der Waals surface area (Å²) in [5.74, 6) is 0.173. The van der Waals surface area contributed by atoms with Crippen LogP contribution >= 0.6 is 0 Å². The lowest BCUT2D eigenvalue weighted by molar-refractivity contribution is -0.116. The maximum absolute atomic E-state index is 11.9. The Labute approximate surface area is 114 Å². The zero-order valence-corrected chi connectivity index (χ0v) is 11.2. The number of nitrogens with one attached hydrogen (secondary N) is 1. The number of aromatic nitrogens is 5. The minimum absolute atomic E-state index is 0.104. The van der Waals surface area contributed by atoms with Gasteiger partial charge in [0.05, 0.1) is 11.9 Å². The third kappa shape index (κ3) is 2.04. The van der Waals surface area contributed by atoms with E-state index in [0.29, 0.717) is 5.82 Å². The van der Waals surface area contributed by atoms with Crippen LogP contribution in [0.3, 0.4) is 0 Å². The molecular weight excluding hydrogens is 260 g/mol. The number of hydrogen-bond donors (Lipinski definition) is 1. The number of rotatable bonds is 4. The fourth-order valence-electron chi connectivity index (χ4n) is 2.18. The van der Waals surface area contributed by atoms with Crippen LogP contribution in [0, 0.1) is 6.92 Å². The van der Waals surface area contributed by atoms with Crippen molar-refractivity contribution >= 4 is 22.8 Å². The van der Waals surface area contributed by atoms with Crippen LogP contribution in [-0.2, 0) is 17.9 Å². The van der Waals surface area contributed by atoms with Crippen LogP contribution in [0.25, 0.3) is 11.0 Å². The number of fused-ring (bicyclic) bond motifs is 1. The first-order valence-corrected chi connectivity index (χ1v) is 6.28. The lowest BCUT2D eigenvalue weighted by atomic mass is 10.4. The largest absolute Gasteiger partial charge is 0.363 e. The standard InChI is InChI=1S/C12H14N6O2/c1-3-17-9-6-13-18(12(9)8(2)15-17)7-11(19)14-10-4-5-20-16-10/h4-6H,3,7H2,1-2H3,(H,14,16,19). The van der Waals surface area contributed by atoms with E-state index in [0.717, 1.165) is 23.3 Å². The Hall–Kier alpha value is -2.64. The summed E-state index contributed by atoms with van der Waals surface area (Å²) in [5, 5.41) is 14.9. The first kappa shape index (κ1) is 12.4. The number of carbonyl (C=O) groups is 1. The van der Waals surface area contributed by atoms with E-state index in [1.165, 1.54) is 6.26 Å². The van der Waals surface area contributed by atoms with Gasteiger partial charge in [0, 0.05) is 12.6 Å². The van der Waals surface area contributed by atoms with E-state index in [1.807, 2.05) is 18.5 Å². The van der Waals surface area contributed by atoms with Crippen molar-refractivity contribution in [2.75, 3.05) is 5.32 Å². The minimum atomic E-state index is -0.215. The van der Waals surface area contributed by atoms with Gasteiger partial charge in [0.1, 0.15) is 23.8 Å². The Morgan fingerprint density at radius 2 is 2.30 bits per heavy atom. The molecule has 3 rings (SSSR count). The highest BCUT2D eigenvalue weighted by Gasteiger charge is 2.15. The molecule has 3 aromatic rings. The molecule has 0 atom stereocenters. The number of anilines is 1.